The molecule has 0 bridgehead atoms. The van der Waals surface area contributed by atoms with Crippen LogP contribution in [0, 0.1) is 5.21 Å². The average Bonchev–Trinajstić information content (AvgIpc) is 1.84. The molecule has 3 nitrogen and oxygen atoms in total. The van der Waals surface area contributed by atoms with Crippen LogP contribution in [0.2, 0.25) is 0 Å². The minimum atomic E-state index is -0.778. The highest BCUT2D eigenvalue weighted by atomic mass is 32.1. The highest BCUT2D eigenvalue weighted by Crippen LogP contribution is 2.10. The molecule has 7 heavy (non-hydrogen) atoms. The first-order valence-electron chi connectivity index (χ1n) is 1.75. The molecule has 1 rings (SSSR count). The zero-order valence-electron chi connectivity index (χ0n) is 3.48. The van der Waals surface area contributed by atoms with Gasteiger partial charge in [-0.1, -0.05) is 0 Å². The van der Waals surface area contributed by atoms with Gasteiger partial charge in [0.05, 0.1) is 19.0 Å². The number of nitrogens with zero attached hydrogens (tertiary/aromatic N) is 2. The van der Waals surface area contributed by atoms with Crippen molar-refractivity contribution in [1.82, 2.24) is 0 Å². The van der Waals surface area contributed by atoms with Crippen molar-refractivity contribution < 1.29 is 4.05 Å². The van der Waals surface area contributed by atoms with Crippen LogP contribution in [0.3, 0.4) is 0 Å². The Bertz CT molecular complexity index is 115. The maximum atomic E-state index is 10.5. The lowest BCUT2D eigenvalue weighted by Crippen LogP contribution is -2.18. The molecule has 0 saturated carbocycles. The predicted octanol–water partition coefficient (Wildman–Crippen LogP) is 0.659. The Morgan fingerprint density at radius 2 is 2.43 bits per heavy atom. The molecule has 4 heteroatoms. The van der Waals surface area contributed by atoms with E-state index >= 15 is 0 Å². The Morgan fingerprint density at radius 1 is 1.71 bits per heavy atom. The third kappa shape index (κ3) is 1.02. The number of thiol groups is 1. The normalized spacial score (nSPS) is 37.4. The first-order valence-corrected chi connectivity index (χ1v) is 2.15. The number of quaternary nitrogens is 1. The summed E-state index contributed by atoms with van der Waals surface area (Å²) in [5, 5.41) is 10.5. The molecule has 0 aromatic rings. The van der Waals surface area contributed by atoms with E-state index in [0.717, 1.165) is 0 Å². The molecule has 0 N–H and O–H groups in total. The van der Waals surface area contributed by atoms with E-state index in [1.165, 1.54) is 18.7 Å². The second-order valence-electron chi connectivity index (χ2n) is 1.24. The van der Waals surface area contributed by atoms with Crippen molar-refractivity contribution in [2.45, 2.75) is 0 Å². The molecule has 0 saturated heterocycles. The Labute approximate surface area is 46.7 Å². The summed E-state index contributed by atoms with van der Waals surface area (Å²) in [5.74, 6) is 0. The summed E-state index contributed by atoms with van der Waals surface area (Å²) >= 11 is 3.59. The van der Waals surface area contributed by atoms with E-state index < -0.39 is 4.05 Å². The van der Waals surface area contributed by atoms with Gasteiger partial charge >= 0.3 is 0 Å². The van der Waals surface area contributed by atoms with Crippen molar-refractivity contribution in [1.29, 1.82) is 0 Å². The summed E-state index contributed by atoms with van der Waals surface area (Å²) in [6.07, 6.45) is 3.92. The van der Waals surface area contributed by atoms with E-state index in [0.29, 0.717) is 0 Å². The Kier molecular flexibility index (Phi) is 0.916. The lowest BCUT2D eigenvalue weighted by atomic mass is 10.9. The zero-order chi connectivity index (χ0) is 5.33. The highest BCUT2D eigenvalue weighted by Gasteiger charge is 2.05. The van der Waals surface area contributed by atoms with Gasteiger partial charge in [-0.05, 0) is 0 Å². The van der Waals surface area contributed by atoms with E-state index in [9.17, 15) is 5.21 Å². The van der Waals surface area contributed by atoms with Gasteiger partial charge in [-0.15, -0.1) is 0 Å². The number of hydroxylamine groups is 2. The second kappa shape index (κ2) is 1.33. The molecule has 1 aliphatic heterocycles. The second-order valence-corrected chi connectivity index (χ2v) is 1.86. The largest absolute Gasteiger partial charge is 0.609 e. The van der Waals surface area contributed by atoms with Gasteiger partial charge in [-0.25, -0.2) is 9.04 Å². The molecule has 1 atom stereocenters. The van der Waals surface area contributed by atoms with Gasteiger partial charge in [0, 0.05) is 0 Å². The van der Waals surface area contributed by atoms with Crippen LogP contribution in [0.4, 0.5) is 0 Å². The van der Waals surface area contributed by atoms with Crippen molar-refractivity contribution in [2.75, 3.05) is 0 Å². The smallest absolute Gasteiger partial charge is 0.206 e. The maximum Gasteiger partial charge on any atom is 0.206 e. The summed E-state index contributed by atoms with van der Waals surface area (Å²) in [4.78, 5) is 3.51. The first-order chi connectivity index (χ1) is 3.21. The van der Waals surface area contributed by atoms with E-state index in [1.54, 1.807) is 0 Å². The fourth-order valence-corrected chi connectivity index (χ4v) is 0.426. The van der Waals surface area contributed by atoms with Crippen LogP contribution in [0.1, 0.15) is 0 Å². The quantitative estimate of drug-likeness (QED) is 0.281. The lowest BCUT2D eigenvalue weighted by molar-refractivity contribution is -0.553. The molecule has 0 spiro atoms. The summed E-state index contributed by atoms with van der Waals surface area (Å²) < 4.78 is -0.778. The predicted molar refractivity (Wildman–Crippen MR) is 30.2 cm³/mol. The molecule has 38 valence electrons. The van der Waals surface area contributed by atoms with Crippen LogP contribution < -0.4 is 0 Å². The molecule has 1 aliphatic rings. The average molecular weight is 116 g/mol. The van der Waals surface area contributed by atoms with Crippen molar-refractivity contribution in [2.24, 2.45) is 4.99 Å². The van der Waals surface area contributed by atoms with E-state index in [2.05, 4.69) is 17.8 Å². The molecule has 1 unspecified atom stereocenters. The standard InChI is InChI=1S/C3H4N2OS/c6-5(7)2-1-4-3-5/h1-3,7H. The molecule has 0 amide bonds. The first kappa shape index (κ1) is 4.83. The van der Waals surface area contributed by atoms with Gasteiger partial charge in [0.2, 0.25) is 6.34 Å². The summed E-state index contributed by atoms with van der Waals surface area (Å²) in [6, 6.07) is 0. The van der Waals surface area contributed by atoms with Gasteiger partial charge < -0.3 is 5.21 Å². The zero-order valence-corrected chi connectivity index (χ0v) is 4.38. The van der Waals surface area contributed by atoms with E-state index in [4.69, 9.17) is 0 Å². The summed E-state index contributed by atoms with van der Waals surface area (Å²) in [6.45, 7) is 0. The molecular formula is C3H4N2OS. The minimum absolute atomic E-state index is 0.778. The number of hydrogen-bond donors (Lipinski definition) is 1. The van der Waals surface area contributed by atoms with Crippen molar-refractivity contribution in [3.8, 4) is 0 Å². The molecule has 0 aromatic carbocycles. The van der Waals surface area contributed by atoms with Gasteiger partial charge in [-0.2, -0.15) is 0 Å². The Hall–Kier alpha value is -0.320. The third-order valence-electron chi connectivity index (χ3n) is 0.598. The molecule has 0 fully saturated rings. The molecule has 0 radical (unpaired) electrons. The Morgan fingerprint density at radius 3 is 2.57 bits per heavy atom. The fourth-order valence-electron chi connectivity index (χ4n) is 0.307. The maximum absolute atomic E-state index is 10.5. The van der Waals surface area contributed by atoms with Crippen molar-refractivity contribution >= 4 is 19.2 Å². The fraction of sp³-hybridized carbons (Fsp3) is 0. The molecule has 0 aromatic heterocycles. The van der Waals surface area contributed by atoms with Crippen LogP contribution in [0.25, 0.3) is 0 Å². The SMILES string of the molecule is [O-][N+]1(S)C=CN=C1. The van der Waals surface area contributed by atoms with Crippen LogP contribution in [0.15, 0.2) is 17.4 Å². The van der Waals surface area contributed by atoms with E-state index in [1.807, 2.05) is 0 Å². The van der Waals surface area contributed by atoms with E-state index in [-0.39, 0.29) is 0 Å². The molecule has 1 heterocycles. The Balaban J connectivity index is 2.77. The van der Waals surface area contributed by atoms with Crippen molar-refractivity contribution in [3.63, 3.8) is 0 Å². The van der Waals surface area contributed by atoms with Crippen LogP contribution in [-0.2, 0) is 0 Å². The molecule has 0 aliphatic carbocycles. The monoisotopic (exact) mass is 116 g/mol. The van der Waals surface area contributed by atoms with Gasteiger partial charge in [0.25, 0.3) is 0 Å². The van der Waals surface area contributed by atoms with Crippen molar-refractivity contribution in [3.05, 3.63) is 17.6 Å². The summed E-state index contributed by atoms with van der Waals surface area (Å²) in [7, 11) is 0. The number of hydrogen-bond acceptors (Lipinski definition) is 3. The molecular weight excluding hydrogens is 112 g/mol. The topological polar surface area (TPSA) is 35.4 Å². The highest BCUT2D eigenvalue weighted by molar-refractivity contribution is 7.74. The van der Waals surface area contributed by atoms with Gasteiger partial charge in [-0.3, -0.25) is 0 Å². The summed E-state index contributed by atoms with van der Waals surface area (Å²) in [5.41, 5.74) is 0. The third-order valence-corrected chi connectivity index (χ3v) is 0.835. The van der Waals surface area contributed by atoms with Gasteiger partial charge in [0.1, 0.15) is 6.20 Å². The number of aliphatic imine (C=N–C) groups is 1. The van der Waals surface area contributed by atoms with Gasteiger partial charge in [0.15, 0.2) is 0 Å². The minimum Gasteiger partial charge on any atom is -0.609 e. The van der Waals surface area contributed by atoms with Crippen LogP contribution >= 0.6 is 12.8 Å². The lowest BCUT2D eigenvalue weighted by Gasteiger charge is -2.20. The van der Waals surface area contributed by atoms with Crippen LogP contribution in [0.5, 0.6) is 0 Å². The van der Waals surface area contributed by atoms with Crippen LogP contribution in [-0.4, -0.2) is 10.4 Å². The number of rotatable bonds is 0.